The Bertz CT molecular complexity index is 426. The number of benzene rings is 1. The Kier molecular flexibility index (Phi) is 4.57. The summed E-state index contributed by atoms with van der Waals surface area (Å²) in [5.41, 5.74) is 1.46. The number of carbonyl (C=O) groups is 1. The Balaban J connectivity index is 2.67. The fourth-order valence-electron chi connectivity index (χ4n) is 1.35. The minimum absolute atomic E-state index is 0.225. The topological polar surface area (TPSA) is 49.8 Å². The van der Waals surface area contributed by atoms with E-state index in [1.54, 1.807) is 31.2 Å². The van der Waals surface area contributed by atoms with Gasteiger partial charge in [-0.1, -0.05) is 12.1 Å². The van der Waals surface area contributed by atoms with Crippen molar-refractivity contribution in [3.8, 4) is 5.75 Å². The lowest BCUT2D eigenvalue weighted by molar-refractivity contribution is -0.136. The van der Waals surface area contributed by atoms with Crippen molar-refractivity contribution < 1.29 is 14.6 Å². The van der Waals surface area contributed by atoms with Crippen LogP contribution >= 0.6 is 0 Å². The zero-order valence-electron chi connectivity index (χ0n) is 10.3. The van der Waals surface area contributed by atoms with Crippen LogP contribution in [0.15, 0.2) is 35.9 Å². The first-order valence-corrected chi connectivity index (χ1v) is 5.30. The lowest BCUT2D eigenvalue weighted by atomic mass is 10.2. The van der Waals surface area contributed by atoms with Crippen LogP contribution < -0.4 is 4.90 Å². The van der Waals surface area contributed by atoms with Crippen LogP contribution in [-0.4, -0.2) is 31.8 Å². The highest BCUT2D eigenvalue weighted by Gasteiger charge is 2.04. The minimum Gasteiger partial charge on any atom is -0.508 e. The van der Waals surface area contributed by atoms with Gasteiger partial charge in [-0.3, -0.25) is 0 Å². The van der Waals surface area contributed by atoms with Gasteiger partial charge in [-0.2, -0.15) is 0 Å². The van der Waals surface area contributed by atoms with E-state index in [2.05, 4.69) is 4.74 Å². The molecule has 0 heterocycles. The Hall–Kier alpha value is -1.97. The monoisotopic (exact) mass is 235 g/mol. The van der Waals surface area contributed by atoms with Crippen LogP contribution in [0.5, 0.6) is 5.75 Å². The summed E-state index contributed by atoms with van der Waals surface area (Å²) in [6.07, 6.45) is 1.79. The van der Waals surface area contributed by atoms with E-state index in [1.165, 1.54) is 7.11 Å². The molecular formula is C13H17NO3. The van der Waals surface area contributed by atoms with Crippen molar-refractivity contribution in [2.75, 3.05) is 25.6 Å². The first-order chi connectivity index (χ1) is 8.04. The smallest absolute Gasteiger partial charge is 0.333 e. The fraction of sp³-hybridized carbons (Fsp3) is 0.308. The summed E-state index contributed by atoms with van der Waals surface area (Å²) in [6, 6.07) is 6.95. The molecule has 0 spiro atoms. The molecule has 1 rings (SSSR count). The molecule has 0 saturated heterocycles. The predicted molar refractivity (Wildman–Crippen MR) is 67.1 cm³/mol. The number of phenolic OH excluding ortho intramolecular Hbond substituents is 1. The van der Waals surface area contributed by atoms with Gasteiger partial charge < -0.3 is 14.7 Å². The fourth-order valence-corrected chi connectivity index (χ4v) is 1.35. The van der Waals surface area contributed by atoms with Crippen LogP contribution in [-0.2, 0) is 9.53 Å². The number of esters is 1. The van der Waals surface area contributed by atoms with Crippen LogP contribution in [0.25, 0.3) is 0 Å². The molecule has 0 aliphatic heterocycles. The number of likely N-dealkylation sites (N-methyl/N-ethyl adjacent to an activating group) is 1. The van der Waals surface area contributed by atoms with E-state index in [-0.39, 0.29) is 11.7 Å². The quantitative estimate of drug-likeness (QED) is 0.640. The van der Waals surface area contributed by atoms with Crippen LogP contribution in [0, 0.1) is 0 Å². The number of rotatable bonds is 4. The molecule has 0 amide bonds. The lowest BCUT2D eigenvalue weighted by Gasteiger charge is -2.17. The van der Waals surface area contributed by atoms with Crippen molar-refractivity contribution in [2.45, 2.75) is 6.92 Å². The van der Waals surface area contributed by atoms with E-state index in [1.807, 2.05) is 18.0 Å². The van der Waals surface area contributed by atoms with Gasteiger partial charge in [0, 0.05) is 30.9 Å². The van der Waals surface area contributed by atoms with Gasteiger partial charge in [0.1, 0.15) is 5.75 Å². The standard InChI is InChI=1S/C13H17NO3/c1-10(13(16)17-3)7-8-14(2)11-5-4-6-12(15)9-11/h4-7,9,15H,8H2,1-3H3/b10-7+. The number of nitrogens with zero attached hydrogens (tertiary/aromatic N) is 1. The number of hydrogen-bond donors (Lipinski definition) is 1. The molecule has 0 aromatic heterocycles. The van der Waals surface area contributed by atoms with Gasteiger partial charge in [0.2, 0.25) is 0 Å². The number of methoxy groups -OCH3 is 1. The molecule has 4 heteroatoms. The van der Waals surface area contributed by atoms with E-state index < -0.39 is 0 Å². The van der Waals surface area contributed by atoms with Gasteiger partial charge in [-0.15, -0.1) is 0 Å². The van der Waals surface area contributed by atoms with Crippen molar-refractivity contribution in [3.05, 3.63) is 35.9 Å². The summed E-state index contributed by atoms with van der Waals surface area (Å²) in [5, 5.41) is 9.35. The second kappa shape index (κ2) is 5.94. The van der Waals surface area contributed by atoms with Gasteiger partial charge in [-0.25, -0.2) is 4.79 Å². The number of ether oxygens (including phenoxy) is 1. The lowest BCUT2D eigenvalue weighted by Crippen LogP contribution is -2.17. The molecule has 0 fully saturated rings. The number of aromatic hydroxyl groups is 1. The van der Waals surface area contributed by atoms with Crippen LogP contribution in [0.1, 0.15) is 6.92 Å². The Morgan fingerprint density at radius 1 is 1.53 bits per heavy atom. The largest absolute Gasteiger partial charge is 0.508 e. The van der Waals surface area contributed by atoms with Crippen molar-refractivity contribution in [3.63, 3.8) is 0 Å². The maximum Gasteiger partial charge on any atom is 0.333 e. The number of phenols is 1. The second-order valence-electron chi connectivity index (χ2n) is 3.78. The number of anilines is 1. The van der Waals surface area contributed by atoms with Gasteiger partial charge in [0.05, 0.1) is 7.11 Å². The Morgan fingerprint density at radius 3 is 2.82 bits per heavy atom. The average molecular weight is 235 g/mol. The Labute approximate surface area is 101 Å². The second-order valence-corrected chi connectivity index (χ2v) is 3.78. The zero-order valence-corrected chi connectivity index (χ0v) is 10.3. The van der Waals surface area contributed by atoms with E-state index in [0.717, 1.165) is 5.69 Å². The van der Waals surface area contributed by atoms with Gasteiger partial charge >= 0.3 is 5.97 Å². The summed E-state index contributed by atoms with van der Waals surface area (Å²) in [6.45, 7) is 2.28. The van der Waals surface area contributed by atoms with E-state index in [0.29, 0.717) is 12.1 Å². The zero-order chi connectivity index (χ0) is 12.8. The molecule has 4 nitrogen and oxygen atoms in total. The molecule has 0 unspecified atom stereocenters. The van der Waals surface area contributed by atoms with Crippen LogP contribution in [0.2, 0.25) is 0 Å². The highest BCUT2D eigenvalue weighted by Crippen LogP contribution is 2.18. The molecule has 0 aliphatic carbocycles. The molecule has 17 heavy (non-hydrogen) atoms. The molecule has 0 bridgehead atoms. The van der Waals surface area contributed by atoms with Crippen molar-refractivity contribution in [2.24, 2.45) is 0 Å². The van der Waals surface area contributed by atoms with Crippen molar-refractivity contribution >= 4 is 11.7 Å². The van der Waals surface area contributed by atoms with Crippen molar-refractivity contribution in [1.29, 1.82) is 0 Å². The van der Waals surface area contributed by atoms with Crippen LogP contribution in [0.3, 0.4) is 0 Å². The number of carbonyl (C=O) groups excluding carboxylic acids is 1. The molecule has 0 aliphatic rings. The third-order valence-electron chi connectivity index (χ3n) is 2.45. The third-order valence-corrected chi connectivity index (χ3v) is 2.45. The SMILES string of the molecule is COC(=O)/C(C)=C/CN(C)c1cccc(O)c1. The van der Waals surface area contributed by atoms with Gasteiger partial charge in [0.15, 0.2) is 0 Å². The third kappa shape index (κ3) is 3.83. The minimum atomic E-state index is -0.325. The maximum atomic E-state index is 11.2. The summed E-state index contributed by atoms with van der Waals surface area (Å²) in [5.74, 6) is -0.0997. The first kappa shape index (κ1) is 13.1. The first-order valence-electron chi connectivity index (χ1n) is 5.30. The molecule has 0 radical (unpaired) electrons. The van der Waals surface area contributed by atoms with Gasteiger partial charge in [0.25, 0.3) is 0 Å². The number of hydrogen-bond acceptors (Lipinski definition) is 4. The summed E-state index contributed by atoms with van der Waals surface area (Å²) in [4.78, 5) is 13.1. The van der Waals surface area contributed by atoms with Crippen molar-refractivity contribution in [1.82, 2.24) is 0 Å². The predicted octanol–water partition coefficient (Wildman–Crippen LogP) is 1.95. The molecule has 1 N–H and O–H groups in total. The van der Waals surface area contributed by atoms with Gasteiger partial charge in [-0.05, 0) is 19.1 Å². The average Bonchev–Trinajstić information content (AvgIpc) is 2.34. The Morgan fingerprint density at radius 2 is 2.24 bits per heavy atom. The highest BCUT2D eigenvalue weighted by molar-refractivity contribution is 5.87. The molecule has 1 aromatic carbocycles. The summed E-state index contributed by atoms with van der Waals surface area (Å²) < 4.78 is 4.60. The molecule has 1 aromatic rings. The summed E-state index contributed by atoms with van der Waals surface area (Å²) in [7, 11) is 3.24. The molecule has 92 valence electrons. The van der Waals surface area contributed by atoms with E-state index in [9.17, 15) is 9.90 Å². The summed E-state index contributed by atoms with van der Waals surface area (Å²) >= 11 is 0. The maximum absolute atomic E-state index is 11.2. The molecular weight excluding hydrogens is 218 g/mol. The highest BCUT2D eigenvalue weighted by atomic mass is 16.5. The van der Waals surface area contributed by atoms with Crippen LogP contribution in [0.4, 0.5) is 5.69 Å². The normalized spacial score (nSPS) is 11.1. The molecule has 0 saturated carbocycles. The van der Waals surface area contributed by atoms with E-state index in [4.69, 9.17) is 0 Å². The van der Waals surface area contributed by atoms with E-state index >= 15 is 0 Å². The molecule has 0 atom stereocenters.